The van der Waals surface area contributed by atoms with E-state index in [1.807, 2.05) is 24.3 Å². The van der Waals surface area contributed by atoms with Crippen molar-refractivity contribution in [2.24, 2.45) is 0 Å². The first-order chi connectivity index (χ1) is 9.46. The number of rotatable bonds is 4. The summed E-state index contributed by atoms with van der Waals surface area (Å²) < 4.78 is 23.2. The van der Waals surface area contributed by atoms with E-state index in [-0.39, 0.29) is 29.3 Å². The summed E-state index contributed by atoms with van der Waals surface area (Å²) in [6.07, 6.45) is 1.39. The van der Waals surface area contributed by atoms with Crippen LogP contribution in [0, 0.1) is 0 Å². The van der Waals surface area contributed by atoms with Crippen molar-refractivity contribution in [2.75, 3.05) is 22.3 Å². The highest BCUT2D eigenvalue weighted by molar-refractivity contribution is 7.91. The minimum Gasteiger partial charge on any atom is -0.307 e. The minimum absolute atomic E-state index is 0.0190. The van der Waals surface area contributed by atoms with Crippen LogP contribution in [-0.2, 0) is 21.1 Å². The Morgan fingerprint density at radius 2 is 2.00 bits per heavy atom. The molecule has 110 valence electrons. The van der Waals surface area contributed by atoms with Crippen LogP contribution in [0.15, 0.2) is 24.3 Å². The van der Waals surface area contributed by atoms with Crippen LogP contribution in [0.4, 0.5) is 5.69 Å². The molecule has 1 aromatic rings. The molecular weight excluding hydrogens is 298 g/mol. The molecule has 1 aliphatic rings. The monoisotopic (exact) mass is 315 g/mol. The summed E-state index contributed by atoms with van der Waals surface area (Å²) in [6.45, 7) is 2.06. The van der Waals surface area contributed by atoms with E-state index in [4.69, 9.17) is 11.6 Å². The van der Waals surface area contributed by atoms with Gasteiger partial charge in [0.2, 0.25) is 5.91 Å². The van der Waals surface area contributed by atoms with Gasteiger partial charge in [0, 0.05) is 5.69 Å². The zero-order chi connectivity index (χ0) is 14.8. The fraction of sp³-hybridized carbons (Fsp3) is 0.500. The van der Waals surface area contributed by atoms with Gasteiger partial charge in [-0.1, -0.05) is 19.1 Å². The van der Waals surface area contributed by atoms with Gasteiger partial charge in [-0.05, 0) is 30.5 Å². The highest BCUT2D eigenvalue weighted by Gasteiger charge is 2.35. The third-order valence-electron chi connectivity index (χ3n) is 3.58. The van der Waals surface area contributed by atoms with Gasteiger partial charge in [-0.3, -0.25) is 4.79 Å². The molecule has 1 aliphatic heterocycles. The summed E-state index contributed by atoms with van der Waals surface area (Å²) in [5.74, 6) is -0.244. The summed E-state index contributed by atoms with van der Waals surface area (Å²) in [5, 5.41) is 0. The van der Waals surface area contributed by atoms with Gasteiger partial charge in [0.15, 0.2) is 9.84 Å². The lowest BCUT2D eigenvalue weighted by molar-refractivity contribution is -0.116. The van der Waals surface area contributed by atoms with Gasteiger partial charge in [0.1, 0.15) is 5.88 Å². The summed E-state index contributed by atoms with van der Waals surface area (Å²) >= 11 is 5.66. The van der Waals surface area contributed by atoms with Crippen LogP contribution in [-0.4, -0.2) is 37.8 Å². The van der Waals surface area contributed by atoms with Gasteiger partial charge in [-0.2, -0.15) is 0 Å². The van der Waals surface area contributed by atoms with E-state index in [0.29, 0.717) is 6.42 Å². The second-order valence-electron chi connectivity index (χ2n) is 4.97. The molecule has 0 unspecified atom stereocenters. The summed E-state index contributed by atoms with van der Waals surface area (Å²) in [6, 6.07) is 7.31. The van der Waals surface area contributed by atoms with E-state index < -0.39 is 9.84 Å². The van der Waals surface area contributed by atoms with Crippen molar-refractivity contribution in [2.45, 2.75) is 25.8 Å². The highest BCUT2D eigenvalue weighted by Crippen LogP contribution is 2.25. The summed E-state index contributed by atoms with van der Waals surface area (Å²) in [7, 11) is -3.04. The molecule has 1 aromatic carbocycles. The molecule has 0 bridgehead atoms. The number of halogens is 1. The van der Waals surface area contributed by atoms with E-state index in [1.54, 1.807) is 0 Å². The maximum absolute atomic E-state index is 12.1. The van der Waals surface area contributed by atoms with E-state index in [0.717, 1.165) is 12.1 Å². The fourth-order valence-electron chi connectivity index (χ4n) is 2.49. The van der Waals surface area contributed by atoms with Crippen molar-refractivity contribution in [3.05, 3.63) is 29.8 Å². The Kier molecular flexibility index (Phi) is 4.70. The number of amides is 1. The molecule has 0 radical (unpaired) electrons. The second kappa shape index (κ2) is 6.14. The first-order valence-electron chi connectivity index (χ1n) is 6.64. The fourth-order valence-corrected chi connectivity index (χ4v) is 4.32. The number of hydrogen-bond acceptors (Lipinski definition) is 3. The number of nitrogens with zero attached hydrogens (tertiary/aromatic N) is 1. The predicted octanol–water partition coefficient (Wildman–Crippen LogP) is 2.01. The molecule has 0 aliphatic carbocycles. The molecule has 0 saturated carbocycles. The molecular formula is C14H18ClNO3S. The van der Waals surface area contributed by atoms with Crippen LogP contribution in [0.1, 0.15) is 18.9 Å². The third kappa shape index (κ3) is 3.33. The summed E-state index contributed by atoms with van der Waals surface area (Å²) in [5.41, 5.74) is 1.89. The van der Waals surface area contributed by atoms with Crippen molar-refractivity contribution in [1.82, 2.24) is 0 Å². The van der Waals surface area contributed by atoms with E-state index in [1.165, 1.54) is 10.5 Å². The molecule has 0 spiro atoms. The van der Waals surface area contributed by atoms with Gasteiger partial charge in [0.25, 0.3) is 0 Å². The number of aryl methyl sites for hydroxylation is 1. The van der Waals surface area contributed by atoms with Gasteiger partial charge in [-0.15, -0.1) is 11.6 Å². The van der Waals surface area contributed by atoms with Crippen molar-refractivity contribution in [3.8, 4) is 0 Å². The van der Waals surface area contributed by atoms with Crippen molar-refractivity contribution in [1.29, 1.82) is 0 Å². The van der Waals surface area contributed by atoms with Gasteiger partial charge in [-0.25, -0.2) is 8.42 Å². The zero-order valence-corrected chi connectivity index (χ0v) is 13.0. The molecule has 1 saturated heterocycles. The minimum atomic E-state index is -3.04. The molecule has 6 heteroatoms. The Hall–Kier alpha value is -1.07. The van der Waals surface area contributed by atoms with E-state index in [2.05, 4.69) is 6.92 Å². The first-order valence-corrected chi connectivity index (χ1v) is 9.00. The summed E-state index contributed by atoms with van der Waals surface area (Å²) in [4.78, 5) is 13.6. The first kappa shape index (κ1) is 15.3. The Bertz CT molecular complexity index is 583. The van der Waals surface area contributed by atoms with Gasteiger partial charge >= 0.3 is 0 Å². The largest absolute Gasteiger partial charge is 0.307 e. The second-order valence-corrected chi connectivity index (χ2v) is 7.47. The Morgan fingerprint density at radius 3 is 2.45 bits per heavy atom. The number of carbonyl (C=O) groups is 1. The van der Waals surface area contributed by atoms with Crippen LogP contribution in [0.2, 0.25) is 0 Å². The average Bonchev–Trinajstić information content (AvgIpc) is 2.79. The van der Waals surface area contributed by atoms with Crippen LogP contribution in [0.3, 0.4) is 0 Å². The topological polar surface area (TPSA) is 54.5 Å². The predicted molar refractivity (Wildman–Crippen MR) is 81.1 cm³/mol. The SMILES string of the molecule is CCc1ccc(N(C(=O)CCl)[C@H]2CCS(=O)(=O)C2)cc1. The average molecular weight is 316 g/mol. The van der Waals surface area contributed by atoms with Crippen LogP contribution in [0.25, 0.3) is 0 Å². The Morgan fingerprint density at radius 1 is 1.35 bits per heavy atom. The zero-order valence-electron chi connectivity index (χ0n) is 11.4. The molecule has 1 fully saturated rings. The number of alkyl halides is 1. The number of sulfone groups is 1. The molecule has 20 heavy (non-hydrogen) atoms. The van der Waals surface area contributed by atoms with Crippen LogP contribution >= 0.6 is 11.6 Å². The standard InChI is InChI=1S/C14H18ClNO3S/c1-2-11-3-5-12(6-4-11)16(14(17)9-15)13-7-8-20(18,19)10-13/h3-6,13H,2,7-10H2,1H3/t13-/m0/s1. The molecule has 0 aromatic heterocycles. The van der Waals surface area contributed by atoms with Gasteiger partial charge < -0.3 is 4.90 Å². The van der Waals surface area contributed by atoms with Crippen molar-refractivity contribution >= 4 is 33.0 Å². The Balaban J connectivity index is 2.30. The maximum Gasteiger partial charge on any atom is 0.242 e. The highest BCUT2D eigenvalue weighted by atomic mass is 35.5. The molecule has 2 rings (SSSR count). The van der Waals surface area contributed by atoms with E-state index >= 15 is 0 Å². The molecule has 1 atom stereocenters. The molecule has 1 heterocycles. The molecule has 4 nitrogen and oxygen atoms in total. The lowest BCUT2D eigenvalue weighted by atomic mass is 10.1. The number of hydrogen-bond donors (Lipinski definition) is 0. The van der Waals surface area contributed by atoms with Crippen LogP contribution < -0.4 is 4.90 Å². The maximum atomic E-state index is 12.1. The van der Waals surface area contributed by atoms with E-state index in [9.17, 15) is 13.2 Å². The molecule has 1 amide bonds. The lowest BCUT2D eigenvalue weighted by Gasteiger charge is -2.28. The molecule has 0 N–H and O–H groups in total. The van der Waals surface area contributed by atoms with Crippen LogP contribution in [0.5, 0.6) is 0 Å². The smallest absolute Gasteiger partial charge is 0.242 e. The van der Waals surface area contributed by atoms with Crippen molar-refractivity contribution < 1.29 is 13.2 Å². The van der Waals surface area contributed by atoms with Gasteiger partial charge in [0.05, 0.1) is 17.5 Å². The quantitative estimate of drug-likeness (QED) is 0.799. The number of anilines is 1. The third-order valence-corrected chi connectivity index (χ3v) is 5.56. The number of benzene rings is 1. The Labute approximate surface area is 124 Å². The lowest BCUT2D eigenvalue weighted by Crippen LogP contribution is -2.42. The normalized spacial score (nSPS) is 20.8. The number of carbonyl (C=O) groups excluding carboxylic acids is 1. The van der Waals surface area contributed by atoms with Crippen molar-refractivity contribution in [3.63, 3.8) is 0 Å².